The smallest absolute Gasteiger partial charge is 0.340 e. The first-order valence-electron chi connectivity index (χ1n) is 7.12. The van der Waals surface area contributed by atoms with Crippen molar-refractivity contribution in [3.05, 3.63) is 21.8 Å². The topological polar surface area (TPSA) is 82.1 Å². The number of nitrogens with zero attached hydrogens (tertiary/aromatic N) is 1. The zero-order valence-electron chi connectivity index (χ0n) is 13.6. The average Bonchev–Trinajstić information content (AvgIpc) is 2.62. The van der Waals surface area contributed by atoms with E-state index in [4.69, 9.17) is 14.2 Å². The quantitative estimate of drug-likeness (QED) is 0.264. The molecule has 7 nitrogen and oxygen atoms in total. The molecule has 1 fully saturated rings. The molecule has 1 aromatic rings. The van der Waals surface area contributed by atoms with Gasteiger partial charge in [-0.05, 0) is 67.8 Å². The fraction of sp³-hybridized carbons (Fsp3) is 0.400. The van der Waals surface area contributed by atoms with Gasteiger partial charge in [0, 0.05) is 8.00 Å². The van der Waals surface area contributed by atoms with Crippen LogP contribution in [-0.4, -0.2) is 55.7 Å². The van der Waals surface area contributed by atoms with E-state index in [9.17, 15) is 14.4 Å². The average molecular weight is 811 g/mol. The Kier molecular flexibility index (Phi) is 8.61. The summed E-state index contributed by atoms with van der Waals surface area (Å²) in [6.07, 6.45) is 0. The number of carbonyl (C=O) groups is 3. The van der Waals surface area contributed by atoms with Crippen LogP contribution in [0, 0.1) is 10.7 Å². The van der Waals surface area contributed by atoms with Crippen molar-refractivity contribution in [3.8, 4) is 0 Å². The summed E-state index contributed by atoms with van der Waals surface area (Å²) in [7, 11) is 2.55. The van der Waals surface area contributed by atoms with Gasteiger partial charge >= 0.3 is 11.9 Å². The number of rotatable bonds is 4. The predicted molar refractivity (Wildman–Crippen MR) is 128 cm³/mol. The molecule has 1 aliphatic rings. The molecule has 0 saturated carbocycles. The van der Waals surface area contributed by atoms with E-state index in [1.165, 1.54) is 14.2 Å². The Labute approximate surface area is 204 Å². The zero-order valence-corrected chi connectivity index (χ0v) is 22.2. The molecule has 1 amide bonds. The van der Waals surface area contributed by atoms with E-state index in [-0.39, 0.29) is 29.7 Å². The number of alkyl halides is 1. The van der Waals surface area contributed by atoms with Gasteiger partial charge in [-0.15, -0.1) is 0 Å². The van der Waals surface area contributed by atoms with Gasteiger partial charge in [0.1, 0.15) is 6.61 Å². The number of methoxy groups -OCH3 is 2. The van der Waals surface area contributed by atoms with Crippen molar-refractivity contribution < 1.29 is 28.6 Å². The van der Waals surface area contributed by atoms with Crippen LogP contribution in [-0.2, 0) is 19.0 Å². The second kappa shape index (κ2) is 9.82. The van der Waals surface area contributed by atoms with Crippen LogP contribution >= 0.6 is 90.4 Å². The minimum atomic E-state index is -0.576. The monoisotopic (exact) mass is 811 g/mol. The van der Waals surface area contributed by atoms with Crippen LogP contribution in [0.15, 0.2) is 0 Å². The molecule has 0 aliphatic carbocycles. The number of ether oxygens (including phenoxy) is 3. The van der Waals surface area contributed by atoms with Crippen LogP contribution in [0.1, 0.15) is 20.7 Å². The SMILES string of the molecule is COC(=O)c1c(I)c(C(=O)OC)c(I)c(N2C(=O)COCC2CI)c1I. The third-order valence-electron chi connectivity index (χ3n) is 3.66. The lowest BCUT2D eigenvalue weighted by atomic mass is 10.1. The van der Waals surface area contributed by atoms with Gasteiger partial charge < -0.3 is 19.1 Å². The normalized spacial score (nSPS) is 17.2. The first-order chi connectivity index (χ1) is 12.3. The van der Waals surface area contributed by atoms with Gasteiger partial charge in [0.25, 0.3) is 5.91 Å². The Bertz CT molecular complexity index is 726. The summed E-state index contributed by atoms with van der Waals surface area (Å²) < 4.78 is 17.3. The van der Waals surface area contributed by atoms with Gasteiger partial charge in [-0.1, -0.05) is 22.6 Å². The Balaban J connectivity index is 2.85. The molecule has 1 heterocycles. The van der Waals surface area contributed by atoms with E-state index < -0.39 is 11.9 Å². The maximum absolute atomic E-state index is 12.6. The van der Waals surface area contributed by atoms with Gasteiger partial charge in [0.15, 0.2) is 0 Å². The molecule has 142 valence electrons. The molecule has 0 bridgehead atoms. The fourth-order valence-electron chi connectivity index (χ4n) is 2.48. The van der Waals surface area contributed by atoms with Crippen molar-refractivity contribution in [1.29, 1.82) is 0 Å². The van der Waals surface area contributed by atoms with Gasteiger partial charge in [-0.2, -0.15) is 0 Å². The van der Waals surface area contributed by atoms with Gasteiger partial charge in [-0.25, -0.2) is 9.59 Å². The van der Waals surface area contributed by atoms with Crippen molar-refractivity contribution in [2.45, 2.75) is 6.04 Å². The molecule has 0 spiro atoms. The summed E-state index contributed by atoms with van der Waals surface area (Å²) in [5, 5.41) is 0. The van der Waals surface area contributed by atoms with Crippen molar-refractivity contribution in [2.24, 2.45) is 0 Å². The molecule has 1 atom stereocenters. The number of carbonyl (C=O) groups excluding carboxylic acids is 3. The first kappa shape index (κ1) is 22.8. The van der Waals surface area contributed by atoms with Crippen molar-refractivity contribution >= 4 is 114 Å². The summed E-state index contributed by atoms with van der Waals surface area (Å²) in [4.78, 5) is 39.0. The highest BCUT2D eigenvalue weighted by molar-refractivity contribution is 14.1. The number of hydrogen-bond donors (Lipinski definition) is 0. The number of hydrogen-bond acceptors (Lipinski definition) is 6. The Morgan fingerprint density at radius 2 is 1.58 bits per heavy atom. The van der Waals surface area contributed by atoms with Crippen LogP contribution in [0.2, 0.25) is 0 Å². The number of halogens is 4. The molecule has 1 aliphatic heterocycles. The van der Waals surface area contributed by atoms with E-state index in [1.807, 2.05) is 67.8 Å². The largest absolute Gasteiger partial charge is 0.465 e. The standard InChI is InChI=1S/C15H13I4NO6/c1-24-14(22)8-10(17)9(15(23)25-2)12(19)13(11(8)18)20-6(3-16)4-26-5-7(20)21/h6H,3-5H2,1-2H3. The highest BCUT2D eigenvalue weighted by Crippen LogP contribution is 2.40. The molecule has 0 N–H and O–H groups in total. The maximum Gasteiger partial charge on any atom is 0.340 e. The third-order valence-corrected chi connectivity index (χ3v) is 7.86. The van der Waals surface area contributed by atoms with E-state index in [0.29, 0.717) is 27.4 Å². The van der Waals surface area contributed by atoms with E-state index in [1.54, 1.807) is 4.90 Å². The van der Waals surface area contributed by atoms with Gasteiger partial charge in [0.05, 0.1) is 50.8 Å². The van der Waals surface area contributed by atoms with Crippen molar-refractivity contribution in [2.75, 3.05) is 36.8 Å². The van der Waals surface area contributed by atoms with Crippen LogP contribution in [0.5, 0.6) is 0 Å². The number of amides is 1. The molecular weight excluding hydrogens is 798 g/mol. The zero-order chi connectivity index (χ0) is 19.6. The Morgan fingerprint density at radius 3 is 2.00 bits per heavy atom. The molecular formula is C15H13I4NO6. The summed E-state index contributed by atoms with van der Waals surface area (Å²) in [5.74, 6) is -1.37. The van der Waals surface area contributed by atoms with Crippen molar-refractivity contribution in [1.82, 2.24) is 0 Å². The van der Waals surface area contributed by atoms with E-state index >= 15 is 0 Å². The van der Waals surface area contributed by atoms with Gasteiger partial charge in [-0.3, -0.25) is 4.79 Å². The van der Waals surface area contributed by atoms with Crippen LogP contribution in [0.4, 0.5) is 5.69 Å². The molecule has 26 heavy (non-hydrogen) atoms. The molecule has 0 radical (unpaired) electrons. The summed E-state index contributed by atoms with van der Waals surface area (Å²) >= 11 is 8.16. The predicted octanol–water partition coefficient (Wildman–Crippen LogP) is 3.24. The van der Waals surface area contributed by atoms with Crippen LogP contribution < -0.4 is 4.90 Å². The summed E-state index contributed by atoms with van der Waals surface area (Å²) in [5.41, 5.74) is 1.01. The minimum absolute atomic E-state index is 0.0492. The second-order valence-corrected chi connectivity index (χ2v) is 9.23. The summed E-state index contributed by atoms with van der Waals surface area (Å²) in [6.45, 7) is 0.334. The number of benzene rings is 1. The van der Waals surface area contributed by atoms with Gasteiger partial charge in [0.2, 0.25) is 0 Å². The molecule has 1 aromatic carbocycles. The highest BCUT2D eigenvalue weighted by atomic mass is 127. The number of anilines is 1. The first-order valence-corrected chi connectivity index (χ1v) is 11.9. The fourth-order valence-corrected chi connectivity index (χ4v) is 7.69. The second-order valence-electron chi connectivity index (χ2n) is 5.11. The number of morpholine rings is 1. The molecule has 1 unspecified atom stereocenters. The number of esters is 2. The maximum atomic E-state index is 12.6. The highest BCUT2D eigenvalue weighted by Gasteiger charge is 2.37. The van der Waals surface area contributed by atoms with Crippen LogP contribution in [0.25, 0.3) is 0 Å². The van der Waals surface area contributed by atoms with E-state index in [2.05, 4.69) is 22.6 Å². The lowest BCUT2D eigenvalue weighted by Gasteiger charge is -2.36. The minimum Gasteiger partial charge on any atom is -0.465 e. The molecule has 2 rings (SSSR count). The lowest BCUT2D eigenvalue weighted by Crippen LogP contribution is -2.51. The lowest BCUT2D eigenvalue weighted by molar-refractivity contribution is -0.127. The molecule has 0 aromatic heterocycles. The Hall–Kier alpha value is 0.510. The van der Waals surface area contributed by atoms with Crippen LogP contribution in [0.3, 0.4) is 0 Å². The van der Waals surface area contributed by atoms with E-state index in [0.717, 1.165) is 0 Å². The van der Waals surface area contributed by atoms with Crippen molar-refractivity contribution in [3.63, 3.8) is 0 Å². The molecule has 11 heteroatoms. The Morgan fingerprint density at radius 1 is 1.08 bits per heavy atom. The third kappa shape index (κ3) is 4.24. The summed E-state index contributed by atoms with van der Waals surface area (Å²) in [6, 6.07) is -0.199. The molecule has 1 saturated heterocycles.